The Bertz CT molecular complexity index is 1000. The van der Waals surface area contributed by atoms with Crippen molar-refractivity contribution in [2.24, 2.45) is 0 Å². The van der Waals surface area contributed by atoms with Crippen molar-refractivity contribution in [3.05, 3.63) is 42.7 Å². The van der Waals surface area contributed by atoms with E-state index in [2.05, 4.69) is 10.1 Å². The van der Waals surface area contributed by atoms with E-state index in [1.807, 2.05) is 35.2 Å². The number of rotatable bonds is 2. The Hall–Kier alpha value is -3.26. The van der Waals surface area contributed by atoms with Gasteiger partial charge in [-0.15, -0.1) is 0 Å². The molecular weight excluding hydrogens is 346 g/mol. The van der Waals surface area contributed by atoms with Crippen LogP contribution >= 0.6 is 0 Å². The average Bonchev–Trinajstić information content (AvgIpc) is 3.22. The van der Waals surface area contributed by atoms with Crippen LogP contribution in [0.1, 0.15) is 0 Å². The summed E-state index contributed by atoms with van der Waals surface area (Å²) in [5.41, 5.74) is 2.32. The summed E-state index contributed by atoms with van der Waals surface area (Å²) in [5, 5.41) is 3.94. The molecule has 1 aromatic carbocycles. The fourth-order valence-corrected chi connectivity index (χ4v) is 3.54. The highest BCUT2D eigenvalue weighted by Gasteiger charge is 2.40. The first-order valence-corrected chi connectivity index (χ1v) is 8.73. The maximum atomic E-state index is 12.6. The number of nitrogens with zero attached hydrogens (tertiary/aromatic N) is 5. The molecule has 0 N–H and O–H groups in total. The second-order valence-corrected chi connectivity index (χ2v) is 6.52. The summed E-state index contributed by atoms with van der Waals surface area (Å²) in [6.45, 7) is 1.54. The number of morpholine rings is 1. The van der Waals surface area contributed by atoms with Crippen LogP contribution in [0.25, 0.3) is 22.7 Å². The minimum absolute atomic E-state index is 0.00602. The van der Waals surface area contributed by atoms with Crippen LogP contribution in [0.4, 0.5) is 11.5 Å². The lowest BCUT2D eigenvalue weighted by Crippen LogP contribution is -2.58. The summed E-state index contributed by atoms with van der Waals surface area (Å²) < 4.78 is 11.0. The molecule has 2 aromatic heterocycles. The number of hydrogen-bond donors (Lipinski definition) is 0. The molecule has 1 fully saturated rings. The summed E-state index contributed by atoms with van der Waals surface area (Å²) in [7, 11) is 1.74. The lowest BCUT2D eigenvalue weighted by molar-refractivity contribution is -0.122. The summed E-state index contributed by atoms with van der Waals surface area (Å²) in [4.78, 5) is 25.5. The maximum absolute atomic E-state index is 12.6. The molecule has 1 amide bonds. The van der Waals surface area contributed by atoms with Crippen LogP contribution in [0, 0.1) is 0 Å². The van der Waals surface area contributed by atoms with E-state index < -0.39 is 0 Å². The van der Waals surface area contributed by atoms with E-state index in [-0.39, 0.29) is 11.9 Å². The topological polar surface area (TPSA) is 84.6 Å². The zero-order chi connectivity index (χ0) is 18.4. The van der Waals surface area contributed by atoms with Crippen molar-refractivity contribution < 1.29 is 14.1 Å². The molecule has 0 radical (unpaired) electrons. The standard InChI is InChI=1S/C19H17N5O3/c1-23-14-10-20-17(13-9-21-27-16(13)12-5-3-2-4-6-12)22-18(14)24-7-8-26-11-15(24)19(23)25/h2-6,9-10,15H,7-8,11H2,1H3. The maximum Gasteiger partial charge on any atom is 0.252 e. The number of carbonyl (C=O) groups is 1. The van der Waals surface area contributed by atoms with Crippen molar-refractivity contribution in [3.63, 3.8) is 0 Å². The molecule has 0 spiro atoms. The summed E-state index contributed by atoms with van der Waals surface area (Å²) in [5.74, 6) is 1.86. The molecule has 8 heteroatoms. The smallest absolute Gasteiger partial charge is 0.252 e. The number of carbonyl (C=O) groups excluding carboxylic acids is 1. The Morgan fingerprint density at radius 1 is 1.19 bits per heavy atom. The predicted octanol–water partition coefficient (Wildman–Crippen LogP) is 1.98. The van der Waals surface area contributed by atoms with Gasteiger partial charge in [-0.3, -0.25) is 4.79 Å². The molecule has 0 bridgehead atoms. The quantitative estimate of drug-likeness (QED) is 0.688. The number of ether oxygens (including phenoxy) is 1. The van der Waals surface area contributed by atoms with Gasteiger partial charge in [0.25, 0.3) is 5.91 Å². The highest BCUT2D eigenvalue weighted by Crippen LogP contribution is 2.37. The molecule has 1 atom stereocenters. The average molecular weight is 363 g/mol. The highest BCUT2D eigenvalue weighted by atomic mass is 16.5. The van der Waals surface area contributed by atoms with Crippen LogP contribution in [-0.4, -0.2) is 53.9 Å². The Kier molecular flexibility index (Phi) is 3.64. The van der Waals surface area contributed by atoms with Crippen LogP contribution in [-0.2, 0) is 9.53 Å². The zero-order valence-electron chi connectivity index (χ0n) is 14.7. The van der Waals surface area contributed by atoms with E-state index in [0.717, 1.165) is 11.4 Å². The largest absolute Gasteiger partial charge is 0.377 e. The summed E-state index contributed by atoms with van der Waals surface area (Å²) >= 11 is 0. The minimum atomic E-state index is -0.352. The Balaban J connectivity index is 1.62. The first-order chi connectivity index (χ1) is 13.2. The van der Waals surface area contributed by atoms with Crippen LogP contribution in [0.15, 0.2) is 47.2 Å². The minimum Gasteiger partial charge on any atom is -0.377 e. The third kappa shape index (κ3) is 2.48. The van der Waals surface area contributed by atoms with Gasteiger partial charge in [0.05, 0.1) is 31.2 Å². The second kappa shape index (κ2) is 6.17. The van der Waals surface area contributed by atoms with Gasteiger partial charge in [0.15, 0.2) is 17.4 Å². The lowest BCUT2D eigenvalue weighted by atomic mass is 10.1. The van der Waals surface area contributed by atoms with Gasteiger partial charge >= 0.3 is 0 Å². The first kappa shape index (κ1) is 16.0. The van der Waals surface area contributed by atoms with E-state index in [1.54, 1.807) is 24.3 Å². The zero-order valence-corrected chi connectivity index (χ0v) is 14.7. The van der Waals surface area contributed by atoms with Crippen molar-refractivity contribution in [2.45, 2.75) is 6.04 Å². The molecule has 2 aliphatic rings. The summed E-state index contributed by atoms with van der Waals surface area (Å²) in [6.07, 6.45) is 3.31. The van der Waals surface area contributed by atoms with E-state index in [0.29, 0.717) is 42.6 Å². The third-order valence-corrected chi connectivity index (χ3v) is 4.97. The molecule has 3 aromatic rings. The van der Waals surface area contributed by atoms with Gasteiger partial charge in [0.2, 0.25) is 0 Å². The van der Waals surface area contributed by atoms with E-state index >= 15 is 0 Å². The number of aromatic nitrogens is 3. The molecule has 2 aliphatic heterocycles. The fourth-order valence-electron chi connectivity index (χ4n) is 3.54. The van der Waals surface area contributed by atoms with E-state index in [4.69, 9.17) is 14.2 Å². The predicted molar refractivity (Wildman–Crippen MR) is 98.3 cm³/mol. The first-order valence-electron chi connectivity index (χ1n) is 8.73. The molecule has 4 heterocycles. The van der Waals surface area contributed by atoms with Crippen molar-refractivity contribution in [3.8, 4) is 22.7 Å². The van der Waals surface area contributed by atoms with Gasteiger partial charge in [-0.05, 0) is 0 Å². The molecule has 1 saturated heterocycles. The van der Waals surface area contributed by atoms with Crippen LogP contribution in [0.2, 0.25) is 0 Å². The van der Waals surface area contributed by atoms with Crippen molar-refractivity contribution >= 4 is 17.4 Å². The third-order valence-electron chi connectivity index (χ3n) is 4.97. The Labute approximate surface area is 155 Å². The van der Waals surface area contributed by atoms with Crippen LogP contribution in [0.5, 0.6) is 0 Å². The molecule has 8 nitrogen and oxygen atoms in total. The normalized spacial score (nSPS) is 19.0. The number of likely N-dealkylation sites (N-methyl/N-ethyl adjacent to an activating group) is 1. The molecule has 1 unspecified atom stereocenters. The van der Waals surface area contributed by atoms with Gasteiger partial charge in [0.1, 0.15) is 11.7 Å². The number of benzene rings is 1. The fraction of sp³-hybridized carbons (Fsp3) is 0.263. The van der Waals surface area contributed by atoms with E-state index in [1.165, 1.54) is 0 Å². The number of anilines is 2. The summed E-state index contributed by atoms with van der Waals surface area (Å²) in [6, 6.07) is 9.37. The highest BCUT2D eigenvalue weighted by molar-refractivity contribution is 6.04. The molecule has 0 saturated carbocycles. The van der Waals surface area contributed by atoms with Gasteiger partial charge in [-0.2, -0.15) is 0 Å². The molecule has 27 heavy (non-hydrogen) atoms. The molecule has 5 rings (SSSR count). The number of hydrogen-bond acceptors (Lipinski definition) is 7. The van der Waals surface area contributed by atoms with Crippen molar-refractivity contribution in [1.29, 1.82) is 0 Å². The van der Waals surface area contributed by atoms with Crippen molar-refractivity contribution in [1.82, 2.24) is 15.1 Å². The molecular formula is C19H17N5O3. The van der Waals surface area contributed by atoms with E-state index in [9.17, 15) is 4.79 Å². The van der Waals surface area contributed by atoms with Gasteiger partial charge < -0.3 is 19.1 Å². The number of amides is 1. The molecule has 136 valence electrons. The van der Waals surface area contributed by atoms with Crippen LogP contribution in [0.3, 0.4) is 0 Å². The van der Waals surface area contributed by atoms with Gasteiger partial charge in [0, 0.05) is 19.2 Å². The van der Waals surface area contributed by atoms with Crippen LogP contribution < -0.4 is 9.80 Å². The Morgan fingerprint density at radius 2 is 2.04 bits per heavy atom. The van der Waals surface area contributed by atoms with Crippen molar-refractivity contribution in [2.75, 3.05) is 36.6 Å². The monoisotopic (exact) mass is 363 g/mol. The second-order valence-electron chi connectivity index (χ2n) is 6.52. The van der Waals surface area contributed by atoms with Gasteiger partial charge in [-0.25, -0.2) is 9.97 Å². The van der Waals surface area contributed by atoms with Gasteiger partial charge in [-0.1, -0.05) is 35.5 Å². The lowest BCUT2D eigenvalue weighted by Gasteiger charge is -2.42. The SMILES string of the molecule is CN1C(=O)C2COCCN2c2nc(-c3cnoc3-c3ccccc3)ncc21. The number of fused-ring (bicyclic) bond motifs is 3. The Morgan fingerprint density at radius 3 is 2.89 bits per heavy atom. The molecule has 0 aliphatic carbocycles.